The maximum absolute atomic E-state index is 13.0. The fraction of sp³-hybridized carbons (Fsp3) is 0.350. The summed E-state index contributed by atoms with van der Waals surface area (Å²) in [5.74, 6) is -0.801. The van der Waals surface area contributed by atoms with Crippen LogP contribution in [-0.2, 0) is 10.0 Å². The summed E-state index contributed by atoms with van der Waals surface area (Å²) in [5.41, 5.74) is 0.358. The van der Waals surface area contributed by atoms with Gasteiger partial charge in [-0.05, 0) is 62.0 Å². The monoisotopic (exact) mass is 407 g/mol. The van der Waals surface area contributed by atoms with E-state index < -0.39 is 15.8 Å². The van der Waals surface area contributed by atoms with E-state index in [4.69, 9.17) is 0 Å². The van der Waals surface area contributed by atoms with E-state index in [1.807, 2.05) is 32.8 Å². The first kappa shape index (κ1) is 21.8. The number of anilines is 1. The number of benzene rings is 2. The quantitative estimate of drug-likeness (QED) is 0.705. The highest BCUT2D eigenvalue weighted by atomic mass is 32.2. The van der Waals surface area contributed by atoms with Crippen molar-refractivity contribution in [2.45, 2.75) is 18.7 Å². The smallest absolute Gasteiger partial charge is 0.261 e. The molecule has 2 rings (SSSR count). The molecule has 2 aromatic carbocycles. The van der Waals surface area contributed by atoms with Gasteiger partial charge in [0.15, 0.2) is 0 Å². The number of amides is 1. The van der Waals surface area contributed by atoms with Crippen LogP contribution < -0.4 is 10.0 Å². The molecule has 0 spiro atoms. The number of carbonyl (C=O) groups is 1. The molecule has 8 heteroatoms. The van der Waals surface area contributed by atoms with Crippen LogP contribution in [0.15, 0.2) is 53.4 Å². The maximum Gasteiger partial charge on any atom is 0.261 e. The van der Waals surface area contributed by atoms with Crippen molar-refractivity contribution in [3.8, 4) is 0 Å². The number of hydrogen-bond acceptors (Lipinski definition) is 4. The molecule has 0 fully saturated rings. The highest BCUT2D eigenvalue weighted by molar-refractivity contribution is 7.92. The van der Waals surface area contributed by atoms with Crippen molar-refractivity contribution in [2.75, 3.05) is 31.9 Å². The van der Waals surface area contributed by atoms with Gasteiger partial charge < -0.3 is 10.2 Å². The molecule has 2 aromatic rings. The molecular formula is C20H26FN3O3S. The summed E-state index contributed by atoms with van der Waals surface area (Å²) in [4.78, 5) is 14.5. The topological polar surface area (TPSA) is 78.5 Å². The second-order valence-corrected chi connectivity index (χ2v) is 9.41. The van der Waals surface area contributed by atoms with Gasteiger partial charge in [-0.25, -0.2) is 12.8 Å². The Bertz CT molecular complexity index is 926. The van der Waals surface area contributed by atoms with E-state index in [0.29, 0.717) is 6.54 Å². The molecule has 0 atom stereocenters. The first-order valence-electron chi connectivity index (χ1n) is 8.80. The lowest BCUT2D eigenvalue weighted by Gasteiger charge is -2.28. The van der Waals surface area contributed by atoms with E-state index in [0.717, 1.165) is 18.7 Å². The van der Waals surface area contributed by atoms with E-state index in [9.17, 15) is 17.6 Å². The third-order valence-electron chi connectivity index (χ3n) is 3.97. The molecule has 0 radical (unpaired) electrons. The molecule has 1 amide bonds. The van der Waals surface area contributed by atoms with Crippen LogP contribution in [0, 0.1) is 11.2 Å². The molecule has 0 heterocycles. The molecule has 0 saturated carbocycles. The highest BCUT2D eigenvalue weighted by Crippen LogP contribution is 2.18. The number of rotatable bonds is 8. The van der Waals surface area contributed by atoms with E-state index >= 15 is 0 Å². The van der Waals surface area contributed by atoms with Gasteiger partial charge in [0.05, 0.1) is 4.90 Å². The van der Waals surface area contributed by atoms with E-state index in [1.165, 1.54) is 30.3 Å². The molecule has 28 heavy (non-hydrogen) atoms. The van der Waals surface area contributed by atoms with Gasteiger partial charge in [0, 0.05) is 24.3 Å². The fourth-order valence-corrected chi connectivity index (χ4v) is 3.97. The van der Waals surface area contributed by atoms with Crippen LogP contribution in [0.3, 0.4) is 0 Å². The van der Waals surface area contributed by atoms with Crippen molar-refractivity contribution in [2.24, 2.45) is 5.41 Å². The van der Waals surface area contributed by atoms with Crippen LogP contribution in [-0.4, -0.2) is 46.4 Å². The maximum atomic E-state index is 13.0. The van der Waals surface area contributed by atoms with Gasteiger partial charge >= 0.3 is 0 Å². The molecule has 6 nitrogen and oxygen atoms in total. The summed E-state index contributed by atoms with van der Waals surface area (Å²) in [6, 6.07) is 10.8. The molecule has 0 aliphatic heterocycles. The van der Waals surface area contributed by atoms with E-state index in [2.05, 4.69) is 10.0 Å². The molecule has 152 valence electrons. The van der Waals surface area contributed by atoms with Crippen molar-refractivity contribution in [3.05, 3.63) is 59.9 Å². The lowest BCUT2D eigenvalue weighted by Crippen LogP contribution is -2.40. The van der Waals surface area contributed by atoms with Crippen LogP contribution >= 0.6 is 0 Å². The Kier molecular flexibility index (Phi) is 6.79. The zero-order valence-corrected chi connectivity index (χ0v) is 17.3. The lowest BCUT2D eigenvalue weighted by atomic mass is 9.93. The minimum atomic E-state index is -3.90. The van der Waals surface area contributed by atoms with Crippen LogP contribution in [0.1, 0.15) is 24.2 Å². The van der Waals surface area contributed by atoms with Gasteiger partial charge in [-0.2, -0.15) is 0 Å². The summed E-state index contributed by atoms with van der Waals surface area (Å²) < 4.78 is 40.5. The average molecular weight is 408 g/mol. The third-order valence-corrected chi connectivity index (χ3v) is 5.35. The van der Waals surface area contributed by atoms with Crippen molar-refractivity contribution in [1.82, 2.24) is 10.2 Å². The SMILES string of the molecule is CN(C)CC(C)(C)CNC(=O)c1cccc(S(=O)(=O)Nc2ccc(F)cc2)c1. The second kappa shape index (κ2) is 8.70. The van der Waals surface area contributed by atoms with E-state index in [1.54, 1.807) is 6.07 Å². The Labute approximate surface area is 165 Å². The molecule has 0 aliphatic rings. The van der Waals surface area contributed by atoms with Crippen LogP contribution in [0.2, 0.25) is 0 Å². The lowest BCUT2D eigenvalue weighted by molar-refractivity contribution is 0.0929. The number of nitrogens with zero attached hydrogens (tertiary/aromatic N) is 1. The van der Waals surface area contributed by atoms with Crippen molar-refractivity contribution in [1.29, 1.82) is 0 Å². The number of halogens is 1. The Hall–Kier alpha value is -2.45. The normalized spacial score (nSPS) is 12.1. The molecule has 0 unspecified atom stereocenters. The van der Waals surface area contributed by atoms with Gasteiger partial charge in [-0.1, -0.05) is 19.9 Å². The molecule has 0 aromatic heterocycles. The van der Waals surface area contributed by atoms with Crippen LogP contribution in [0.5, 0.6) is 0 Å². The van der Waals surface area contributed by atoms with Crippen LogP contribution in [0.25, 0.3) is 0 Å². The van der Waals surface area contributed by atoms with Gasteiger partial charge in [0.2, 0.25) is 0 Å². The Balaban J connectivity index is 2.12. The predicted molar refractivity (Wildman–Crippen MR) is 108 cm³/mol. The zero-order chi connectivity index (χ0) is 20.9. The first-order valence-corrected chi connectivity index (χ1v) is 10.3. The average Bonchev–Trinajstić information content (AvgIpc) is 2.60. The summed E-state index contributed by atoms with van der Waals surface area (Å²) in [6.45, 7) is 5.33. The van der Waals surface area contributed by atoms with Crippen molar-refractivity contribution >= 4 is 21.6 Å². The summed E-state index contributed by atoms with van der Waals surface area (Å²) >= 11 is 0. The van der Waals surface area contributed by atoms with Crippen molar-refractivity contribution in [3.63, 3.8) is 0 Å². The molecule has 0 bridgehead atoms. The highest BCUT2D eigenvalue weighted by Gasteiger charge is 2.21. The van der Waals surface area contributed by atoms with Gasteiger partial charge in [-0.3, -0.25) is 9.52 Å². The number of hydrogen-bond donors (Lipinski definition) is 2. The van der Waals surface area contributed by atoms with Gasteiger partial charge in [0.1, 0.15) is 5.82 Å². The van der Waals surface area contributed by atoms with E-state index in [-0.39, 0.29) is 27.5 Å². The van der Waals surface area contributed by atoms with Crippen LogP contribution in [0.4, 0.5) is 10.1 Å². The molecule has 2 N–H and O–H groups in total. The van der Waals surface area contributed by atoms with Crippen molar-refractivity contribution < 1.29 is 17.6 Å². The zero-order valence-electron chi connectivity index (χ0n) is 16.5. The standard InChI is InChI=1S/C20H26FN3O3S/c1-20(2,14-24(3)4)13-22-19(25)15-6-5-7-18(12-15)28(26,27)23-17-10-8-16(21)9-11-17/h5-12,23H,13-14H2,1-4H3,(H,22,25). The Morgan fingerprint density at radius 2 is 1.75 bits per heavy atom. The molecule has 0 aliphatic carbocycles. The molecule has 0 saturated heterocycles. The third kappa shape index (κ3) is 6.31. The summed E-state index contributed by atoms with van der Waals surface area (Å²) in [5, 5.41) is 2.86. The minimum absolute atomic E-state index is 0.0444. The number of carbonyl (C=O) groups excluding carboxylic acids is 1. The van der Waals surface area contributed by atoms with Gasteiger partial charge in [-0.15, -0.1) is 0 Å². The fourth-order valence-electron chi connectivity index (χ4n) is 2.87. The Morgan fingerprint density at radius 1 is 1.11 bits per heavy atom. The summed E-state index contributed by atoms with van der Waals surface area (Å²) in [7, 11) is 0.0281. The minimum Gasteiger partial charge on any atom is -0.351 e. The predicted octanol–water partition coefficient (Wildman–Crippen LogP) is 2.94. The number of nitrogens with one attached hydrogen (secondary N) is 2. The first-order chi connectivity index (χ1) is 13.0. The molecular weight excluding hydrogens is 381 g/mol. The number of sulfonamides is 1. The van der Waals surface area contributed by atoms with Gasteiger partial charge in [0.25, 0.3) is 15.9 Å². The second-order valence-electron chi connectivity index (χ2n) is 7.72. The summed E-state index contributed by atoms with van der Waals surface area (Å²) in [6.07, 6.45) is 0. The largest absolute Gasteiger partial charge is 0.351 e. The Morgan fingerprint density at radius 3 is 2.36 bits per heavy atom.